The summed E-state index contributed by atoms with van der Waals surface area (Å²) >= 11 is 0. The summed E-state index contributed by atoms with van der Waals surface area (Å²) in [6.45, 7) is 4.62. The maximum Gasteiger partial charge on any atom is 0.156 e. The molecule has 3 aromatic heterocycles. The highest BCUT2D eigenvalue weighted by Gasteiger charge is 2.11. The van der Waals surface area contributed by atoms with Gasteiger partial charge in [0.15, 0.2) is 5.76 Å². The monoisotopic (exact) mass is 302 g/mol. The molecule has 0 amide bonds. The second kappa shape index (κ2) is 6.15. The molecule has 7 heteroatoms. The van der Waals surface area contributed by atoms with Gasteiger partial charge < -0.3 is 14.0 Å². The zero-order valence-electron chi connectivity index (χ0n) is 12.6. The van der Waals surface area contributed by atoms with E-state index in [1.807, 2.05) is 6.07 Å². The van der Waals surface area contributed by atoms with E-state index >= 15 is 0 Å². The summed E-state index contributed by atoms with van der Waals surface area (Å²) in [5.41, 5.74) is 1.42. The third kappa shape index (κ3) is 3.25. The van der Waals surface area contributed by atoms with Crippen LogP contribution in [0.4, 0.5) is 0 Å². The normalized spacial score (nSPS) is 11.5. The molecule has 0 aliphatic heterocycles. The fourth-order valence-corrected chi connectivity index (χ4v) is 2.18. The lowest BCUT2D eigenvalue weighted by Gasteiger charge is -1.97. The lowest BCUT2D eigenvalue weighted by molar-refractivity contribution is 0.248. The van der Waals surface area contributed by atoms with Crippen LogP contribution in [0.15, 0.2) is 33.3 Å². The van der Waals surface area contributed by atoms with E-state index in [1.54, 1.807) is 23.0 Å². The molecule has 7 nitrogen and oxygen atoms in total. The van der Waals surface area contributed by atoms with Crippen molar-refractivity contribution in [1.29, 1.82) is 0 Å². The SMILES string of the molecule is CC(C)Cc1cc(Cn2cc(-c3ccc(CO)o3)nn2)no1. The first-order chi connectivity index (χ1) is 10.6. The van der Waals surface area contributed by atoms with Crippen LogP contribution in [-0.4, -0.2) is 25.3 Å². The van der Waals surface area contributed by atoms with Crippen molar-refractivity contribution in [2.24, 2.45) is 5.92 Å². The molecule has 0 saturated carbocycles. The average Bonchev–Trinajstić information content (AvgIpc) is 3.19. The van der Waals surface area contributed by atoms with Crippen molar-refractivity contribution in [3.8, 4) is 11.5 Å². The lowest BCUT2D eigenvalue weighted by atomic mass is 10.1. The number of aliphatic hydroxyl groups is 1. The highest BCUT2D eigenvalue weighted by molar-refractivity contribution is 5.50. The third-order valence-corrected chi connectivity index (χ3v) is 3.15. The first-order valence-electron chi connectivity index (χ1n) is 7.18. The van der Waals surface area contributed by atoms with Gasteiger partial charge in [0.1, 0.15) is 29.5 Å². The Morgan fingerprint density at radius 3 is 2.86 bits per heavy atom. The van der Waals surface area contributed by atoms with E-state index in [2.05, 4.69) is 29.3 Å². The predicted molar refractivity (Wildman–Crippen MR) is 77.8 cm³/mol. The van der Waals surface area contributed by atoms with Crippen LogP contribution in [0.25, 0.3) is 11.5 Å². The third-order valence-electron chi connectivity index (χ3n) is 3.15. The minimum atomic E-state index is -0.133. The maximum absolute atomic E-state index is 9.01. The minimum Gasteiger partial charge on any atom is -0.457 e. The molecule has 0 aliphatic rings. The van der Waals surface area contributed by atoms with E-state index in [1.165, 1.54) is 0 Å². The van der Waals surface area contributed by atoms with Gasteiger partial charge in [0.05, 0.1) is 12.7 Å². The first kappa shape index (κ1) is 14.5. The number of hydrogen-bond acceptors (Lipinski definition) is 6. The van der Waals surface area contributed by atoms with Crippen molar-refractivity contribution >= 4 is 0 Å². The standard InChI is InChI=1S/C15H18N4O3/c1-10(2)5-13-6-11(17-22-13)7-19-8-14(16-18-19)15-4-3-12(9-20)21-15/h3-4,6,8,10,20H,5,7,9H2,1-2H3. The summed E-state index contributed by atoms with van der Waals surface area (Å²) in [5, 5.41) is 21.2. The van der Waals surface area contributed by atoms with Gasteiger partial charge in [-0.1, -0.05) is 24.2 Å². The van der Waals surface area contributed by atoms with E-state index in [4.69, 9.17) is 14.0 Å². The smallest absolute Gasteiger partial charge is 0.156 e. The lowest BCUT2D eigenvalue weighted by Crippen LogP contribution is -2.00. The Bertz CT molecular complexity index is 741. The summed E-state index contributed by atoms with van der Waals surface area (Å²) in [6.07, 6.45) is 2.64. The fraction of sp³-hybridized carbons (Fsp3) is 0.400. The number of aromatic nitrogens is 4. The van der Waals surface area contributed by atoms with E-state index in [0.717, 1.165) is 17.9 Å². The van der Waals surface area contributed by atoms with Crippen molar-refractivity contribution in [2.75, 3.05) is 0 Å². The molecule has 0 spiro atoms. The number of furan rings is 1. The Kier molecular flexibility index (Phi) is 4.06. The molecule has 0 atom stereocenters. The number of rotatable bonds is 6. The zero-order chi connectivity index (χ0) is 15.5. The van der Waals surface area contributed by atoms with Crippen LogP contribution >= 0.6 is 0 Å². The Balaban J connectivity index is 1.70. The van der Waals surface area contributed by atoms with Crippen molar-refractivity contribution in [2.45, 2.75) is 33.4 Å². The summed E-state index contributed by atoms with van der Waals surface area (Å²) in [7, 11) is 0. The number of hydrogen-bond donors (Lipinski definition) is 1. The van der Waals surface area contributed by atoms with Crippen LogP contribution in [0, 0.1) is 5.92 Å². The van der Waals surface area contributed by atoms with Gasteiger partial charge in [0, 0.05) is 12.5 Å². The van der Waals surface area contributed by atoms with Crippen molar-refractivity contribution in [1.82, 2.24) is 20.2 Å². The van der Waals surface area contributed by atoms with Gasteiger partial charge in [-0.3, -0.25) is 0 Å². The molecule has 3 heterocycles. The molecule has 22 heavy (non-hydrogen) atoms. The quantitative estimate of drug-likeness (QED) is 0.751. The van der Waals surface area contributed by atoms with E-state index in [9.17, 15) is 0 Å². The Hall–Kier alpha value is -2.41. The number of aliphatic hydroxyl groups excluding tert-OH is 1. The molecule has 0 aliphatic carbocycles. The van der Waals surface area contributed by atoms with Crippen LogP contribution in [0.2, 0.25) is 0 Å². The van der Waals surface area contributed by atoms with Crippen LogP contribution in [0.3, 0.4) is 0 Å². The van der Waals surface area contributed by atoms with Crippen molar-refractivity contribution < 1.29 is 14.0 Å². The molecule has 0 radical (unpaired) electrons. The molecule has 0 unspecified atom stereocenters. The average molecular weight is 302 g/mol. The first-order valence-corrected chi connectivity index (χ1v) is 7.18. The Morgan fingerprint density at radius 2 is 2.14 bits per heavy atom. The Labute approximate surface area is 127 Å². The van der Waals surface area contributed by atoms with Crippen molar-refractivity contribution in [3.05, 3.63) is 41.6 Å². The summed E-state index contributed by atoms with van der Waals surface area (Å²) in [4.78, 5) is 0. The number of nitrogens with zero attached hydrogens (tertiary/aromatic N) is 4. The second-order valence-corrected chi connectivity index (χ2v) is 5.61. The molecular formula is C15H18N4O3. The van der Waals surface area contributed by atoms with Gasteiger partial charge in [-0.25, -0.2) is 4.68 Å². The minimum absolute atomic E-state index is 0.133. The van der Waals surface area contributed by atoms with Gasteiger partial charge in [-0.05, 0) is 18.1 Å². The molecule has 1 N–H and O–H groups in total. The van der Waals surface area contributed by atoms with Crippen molar-refractivity contribution in [3.63, 3.8) is 0 Å². The molecular weight excluding hydrogens is 284 g/mol. The van der Waals surface area contributed by atoms with Gasteiger partial charge in [-0.2, -0.15) is 0 Å². The van der Waals surface area contributed by atoms with E-state index in [0.29, 0.717) is 29.7 Å². The van der Waals surface area contributed by atoms with E-state index in [-0.39, 0.29) is 6.61 Å². The van der Waals surface area contributed by atoms with Gasteiger partial charge >= 0.3 is 0 Å². The van der Waals surface area contributed by atoms with Gasteiger partial charge in [-0.15, -0.1) is 5.10 Å². The molecule has 0 saturated heterocycles. The zero-order valence-corrected chi connectivity index (χ0v) is 12.6. The van der Waals surface area contributed by atoms with E-state index < -0.39 is 0 Å². The second-order valence-electron chi connectivity index (χ2n) is 5.61. The highest BCUT2D eigenvalue weighted by atomic mass is 16.5. The molecule has 0 fully saturated rings. The highest BCUT2D eigenvalue weighted by Crippen LogP contribution is 2.20. The predicted octanol–water partition coefficient (Wildman–Crippen LogP) is 2.27. The molecule has 3 rings (SSSR count). The molecule has 116 valence electrons. The largest absolute Gasteiger partial charge is 0.457 e. The topological polar surface area (TPSA) is 90.1 Å². The fourth-order valence-electron chi connectivity index (χ4n) is 2.18. The molecule has 3 aromatic rings. The maximum atomic E-state index is 9.01. The summed E-state index contributed by atoms with van der Waals surface area (Å²) < 4.78 is 12.4. The van der Waals surface area contributed by atoms with Crippen LogP contribution in [-0.2, 0) is 19.6 Å². The van der Waals surface area contributed by atoms with Gasteiger partial charge in [0.2, 0.25) is 0 Å². The molecule has 0 aromatic carbocycles. The van der Waals surface area contributed by atoms with Crippen LogP contribution < -0.4 is 0 Å². The summed E-state index contributed by atoms with van der Waals surface area (Å²) in [6, 6.07) is 5.42. The van der Waals surface area contributed by atoms with Crippen LogP contribution in [0.1, 0.15) is 31.1 Å². The van der Waals surface area contributed by atoms with Gasteiger partial charge in [0.25, 0.3) is 0 Å². The molecule has 0 bridgehead atoms. The van der Waals surface area contributed by atoms with Crippen LogP contribution in [0.5, 0.6) is 0 Å². The Morgan fingerprint density at radius 1 is 1.27 bits per heavy atom. The summed E-state index contributed by atoms with van der Waals surface area (Å²) in [5.74, 6) is 2.48.